The van der Waals surface area contributed by atoms with Crippen molar-refractivity contribution in [3.05, 3.63) is 65.3 Å². The summed E-state index contributed by atoms with van der Waals surface area (Å²) in [5.74, 6) is -2.95. The van der Waals surface area contributed by atoms with Gasteiger partial charge in [0, 0.05) is 12.1 Å². The van der Waals surface area contributed by atoms with Crippen molar-refractivity contribution in [2.24, 2.45) is 0 Å². The first-order chi connectivity index (χ1) is 19.6. The van der Waals surface area contributed by atoms with E-state index in [0.717, 1.165) is 39.6 Å². The lowest BCUT2D eigenvalue weighted by Crippen LogP contribution is -2.21. The highest BCUT2D eigenvalue weighted by atomic mass is 32.1. The van der Waals surface area contributed by atoms with Gasteiger partial charge in [0.05, 0.1) is 23.9 Å². The van der Waals surface area contributed by atoms with Gasteiger partial charge in [0.2, 0.25) is 0 Å². The average Bonchev–Trinajstić information content (AvgIpc) is 3.35. The van der Waals surface area contributed by atoms with Crippen molar-refractivity contribution < 1.29 is 55.6 Å². The fourth-order valence-corrected chi connectivity index (χ4v) is 4.67. The summed E-state index contributed by atoms with van der Waals surface area (Å²) in [4.78, 5) is 26.7. The van der Waals surface area contributed by atoms with Gasteiger partial charge in [0.15, 0.2) is 0 Å². The van der Waals surface area contributed by atoms with Crippen LogP contribution in [0.3, 0.4) is 0 Å². The molecule has 0 aliphatic carbocycles. The van der Waals surface area contributed by atoms with Gasteiger partial charge in [-0.25, -0.2) is 19.6 Å². The van der Waals surface area contributed by atoms with E-state index in [-0.39, 0.29) is 5.92 Å². The maximum absolute atomic E-state index is 10.6. The number of nitrogens with two attached hydrogens (primary N) is 1. The Morgan fingerprint density at radius 1 is 0.976 bits per heavy atom. The molecule has 0 bridgehead atoms. The molecule has 4 aromatic rings. The molecule has 16 heteroatoms. The Balaban J connectivity index is 0.000000289. The second-order valence-electron chi connectivity index (χ2n) is 8.50. The Morgan fingerprint density at radius 2 is 1.60 bits per heavy atom. The maximum Gasteiger partial charge on any atom is 0.490 e. The molecule has 0 radical (unpaired) electrons. The van der Waals surface area contributed by atoms with Crippen molar-refractivity contribution in [2.45, 2.75) is 24.7 Å². The number of hydrogen-bond acceptors (Lipinski definition) is 8. The number of benzene rings is 2. The molecule has 9 nitrogen and oxygen atoms in total. The molecule has 224 valence electrons. The van der Waals surface area contributed by atoms with Crippen LogP contribution in [0.5, 0.6) is 11.5 Å². The SMILES string of the molecule is COc1ccc2c(c1)CC(c1nc3ccc(-c4ccnc(N)c4)cc3s1)CO2.O=C(O)C(F)(F)F.O=C(O)C(F)(F)F. The zero-order valence-electron chi connectivity index (χ0n) is 21.4. The molecule has 0 spiro atoms. The van der Waals surface area contributed by atoms with Crippen LogP contribution < -0.4 is 15.2 Å². The van der Waals surface area contributed by atoms with Crippen molar-refractivity contribution in [3.8, 4) is 22.6 Å². The number of ether oxygens (including phenoxy) is 2. The van der Waals surface area contributed by atoms with E-state index in [4.69, 9.17) is 40.0 Å². The van der Waals surface area contributed by atoms with Gasteiger partial charge in [0.1, 0.15) is 22.3 Å². The quantitative estimate of drug-likeness (QED) is 0.238. The standard InChI is InChI=1S/C22H19N3O2S.2C2HF3O2/c1-26-17-3-5-19-15(9-17)8-16(12-27-19)22-25-18-4-2-13(10-20(18)28-22)14-6-7-24-21(23)11-14;2*3-2(4,5)1(6)7/h2-7,9-11,16H,8,12H2,1H3,(H2,23,24);2*(H,6,7). The van der Waals surface area contributed by atoms with Crippen LogP contribution in [0.4, 0.5) is 32.2 Å². The van der Waals surface area contributed by atoms with Gasteiger partial charge in [-0.1, -0.05) is 6.07 Å². The minimum Gasteiger partial charge on any atom is -0.497 e. The van der Waals surface area contributed by atoms with Gasteiger partial charge in [-0.05, 0) is 65.6 Å². The van der Waals surface area contributed by atoms with Crippen molar-refractivity contribution >= 4 is 39.3 Å². The topological polar surface area (TPSA) is 145 Å². The van der Waals surface area contributed by atoms with Crippen LogP contribution in [0.25, 0.3) is 21.3 Å². The molecule has 2 aromatic carbocycles. The van der Waals surface area contributed by atoms with Gasteiger partial charge in [-0.3, -0.25) is 0 Å². The summed E-state index contributed by atoms with van der Waals surface area (Å²) in [5, 5.41) is 15.4. The number of methoxy groups -OCH3 is 1. The summed E-state index contributed by atoms with van der Waals surface area (Å²) in [6.45, 7) is 0.646. The highest BCUT2D eigenvalue weighted by molar-refractivity contribution is 7.18. The van der Waals surface area contributed by atoms with Crippen molar-refractivity contribution in [1.29, 1.82) is 0 Å². The van der Waals surface area contributed by atoms with Gasteiger partial charge in [0.25, 0.3) is 0 Å². The molecule has 2 aromatic heterocycles. The zero-order valence-corrected chi connectivity index (χ0v) is 22.2. The number of aliphatic carboxylic acids is 2. The number of carboxylic acid groups (broad SMARTS) is 2. The second-order valence-corrected chi connectivity index (χ2v) is 9.56. The number of nitrogen functional groups attached to an aromatic ring is 1. The van der Waals surface area contributed by atoms with Crippen LogP contribution in [0.2, 0.25) is 0 Å². The molecular weight excluding hydrogens is 596 g/mol. The predicted molar refractivity (Wildman–Crippen MR) is 140 cm³/mol. The Bertz CT molecular complexity index is 1550. The molecule has 1 unspecified atom stereocenters. The Kier molecular flexibility index (Phi) is 9.83. The number of thiazole rings is 1. The van der Waals surface area contributed by atoms with Gasteiger partial charge in [-0.15, -0.1) is 11.3 Å². The molecule has 1 aliphatic heterocycles. The summed E-state index contributed by atoms with van der Waals surface area (Å²) >= 11 is 1.73. The molecule has 1 atom stereocenters. The highest BCUT2D eigenvalue weighted by Gasteiger charge is 2.38. The number of rotatable bonds is 3. The second kappa shape index (κ2) is 12.9. The lowest BCUT2D eigenvalue weighted by atomic mass is 9.97. The van der Waals surface area contributed by atoms with Crippen LogP contribution in [-0.4, -0.2) is 58.2 Å². The van der Waals surface area contributed by atoms with Crippen LogP contribution in [0.1, 0.15) is 16.5 Å². The first-order valence-electron chi connectivity index (χ1n) is 11.6. The number of fused-ring (bicyclic) bond motifs is 2. The van der Waals surface area contributed by atoms with Crippen LogP contribution >= 0.6 is 11.3 Å². The number of hydrogen-bond donors (Lipinski definition) is 3. The Labute approximate surface area is 237 Å². The highest BCUT2D eigenvalue weighted by Crippen LogP contribution is 2.38. The molecule has 0 saturated carbocycles. The number of alkyl halides is 6. The molecule has 0 saturated heterocycles. The van der Waals surface area contributed by atoms with Crippen molar-refractivity contribution in [2.75, 3.05) is 19.5 Å². The third-order valence-electron chi connectivity index (χ3n) is 5.53. The van der Waals surface area contributed by atoms with E-state index >= 15 is 0 Å². The van der Waals surface area contributed by atoms with E-state index < -0.39 is 24.3 Å². The van der Waals surface area contributed by atoms with E-state index in [1.54, 1.807) is 24.6 Å². The number of carbonyl (C=O) groups is 2. The molecular formula is C26H21F6N3O6S. The van der Waals surface area contributed by atoms with Gasteiger partial charge in [-0.2, -0.15) is 26.3 Å². The van der Waals surface area contributed by atoms with Crippen molar-refractivity contribution in [1.82, 2.24) is 9.97 Å². The molecule has 1 aliphatic rings. The Hall–Kier alpha value is -4.60. The van der Waals surface area contributed by atoms with E-state index in [0.29, 0.717) is 12.4 Å². The zero-order chi connectivity index (χ0) is 31.2. The van der Waals surface area contributed by atoms with E-state index in [2.05, 4.69) is 29.2 Å². The molecule has 0 amide bonds. The largest absolute Gasteiger partial charge is 0.497 e. The first-order valence-corrected chi connectivity index (χ1v) is 12.4. The molecule has 4 N–H and O–H groups in total. The Morgan fingerprint density at radius 3 is 2.17 bits per heavy atom. The smallest absolute Gasteiger partial charge is 0.490 e. The van der Waals surface area contributed by atoms with E-state index in [1.807, 2.05) is 24.3 Å². The fourth-order valence-electron chi connectivity index (χ4n) is 3.58. The molecule has 5 rings (SSSR count). The summed E-state index contributed by atoms with van der Waals surface area (Å²) < 4.78 is 76.0. The minimum atomic E-state index is -5.08. The summed E-state index contributed by atoms with van der Waals surface area (Å²) in [6, 6.07) is 16.2. The average molecular weight is 618 g/mol. The molecule has 3 heterocycles. The van der Waals surface area contributed by atoms with Crippen LogP contribution in [-0.2, 0) is 16.0 Å². The van der Waals surface area contributed by atoms with E-state index in [9.17, 15) is 26.3 Å². The van der Waals surface area contributed by atoms with Crippen LogP contribution in [0, 0.1) is 0 Å². The van der Waals surface area contributed by atoms with Crippen LogP contribution in [0.15, 0.2) is 54.7 Å². The number of carboxylic acids is 2. The summed E-state index contributed by atoms with van der Waals surface area (Å²) in [7, 11) is 1.68. The van der Waals surface area contributed by atoms with Gasteiger partial charge < -0.3 is 25.4 Å². The third kappa shape index (κ3) is 8.45. The lowest BCUT2D eigenvalue weighted by molar-refractivity contribution is -0.193. The first kappa shape index (κ1) is 31.9. The fraction of sp³-hybridized carbons (Fsp3) is 0.231. The summed E-state index contributed by atoms with van der Waals surface area (Å²) in [5.41, 5.74) is 10.2. The third-order valence-corrected chi connectivity index (χ3v) is 6.71. The minimum absolute atomic E-state index is 0.247. The number of halogens is 6. The normalized spacial score (nSPS) is 14.3. The number of aromatic nitrogens is 2. The number of nitrogens with zero attached hydrogens (tertiary/aromatic N) is 2. The maximum atomic E-state index is 10.6. The van der Waals surface area contributed by atoms with Crippen molar-refractivity contribution in [3.63, 3.8) is 0 Å². The van der Waals surface area contributed by atoms with Gasteiger partial charge >= 0.3 is 24.3 Å². The molecule has 42 heavy (non-hydrogen) atoms. The predicted octanol–water partition coefficient (Wildman–Crippen LogP) is 5.93. The monoisotopic (exact) mass is 617 g/mol. The summed E-state index contributed by atoms with van der Waals surface area (Å²) in [6.07, 6.45) is -7.53. The lowest BCUT2D eigenvalue weighted by Gasteiger charge is -2.24. The number of anilines is 1. The van der Waals surface area contributed by atoms with E-state index in [1.165, 1.54) is 10.3 Å². The number of pyridine rings is 1. The molecule has 0 fully saturated rings.